The van der Waals surface area contributed by atoms with Gasteiger partial charge in [0, 0.05) is 17.9 Å². The van der Waals surface area contributed by atoms with Crippen LogP contribution in [-0.4, -0.2) is 23.4 Å². The van der Waals surface area contributed by atoms with Crippen LogP contribution in [0.25, 0.3) is 0 Å². The summed E-state index contributed by atoms with van der Waals surface area (Å²) in [5, 5.41) is 0. The lowest BCUT2D eigenvalue weighted by atomic mass is 9.56. The highest BCUT2D eigenvalue weighted by Crippen LogP contribution is 2.57. The standard InChI is InChI=1S/C22H17NO4/c1-11(24)12-6-8-13(9-7-12)23-21(26)19-16-10-17(25)18(20(19)22(23)27)15-5-3-2-4-14(15)16/h2-9,16,18-20H,10H2,1H3/t16-,18-,19+,20+/m1/s1. The number of hydrogen-bond donors (Lipinski definition) is 0. The minimum Gasteiger partial charge on any atom is -0.299 e. The van der Waals surface area contributed by atoms with Crippen molar-refractivity contribution in [1.82, 2.24) is 0 Å². The highest BCUT2D eigenvalue weighted by molar-refractivity contribution is 6.24. The third-order valence-electron chi connectivity index (χ3n) is 6.22. The summed E-state index contributed by atoms with van der Waals surface area (Å²) in [4.78, 5) is 51.8. The van der Waals surface area contributed by atoms with Crippen LogP contribution in [0.15, 0.2) is 48.5 Å². The van der Waals surface area contributed by atoms with Gasteiger partial charge < -0.3 is 0 Å². The molecule has 0 N–H and O–H groups in total. The first kappa shape index (κ1) is 16.1. The Morgan fingerprint density at radius 2 is 1.52 bits per heavy atom. The number of carbonyl (C=O) groups is 4. The zero-order chi connectivity index (χ0) is 18.9. The molecule has 4 aliphatic rings. The van der Waals surface area contributed by atoms with E-state index in [1.54, 1.807) is 24.3 Å². The van der Waals surface area contributed by atoms with E-state index in [1.165, 1.54) is 11.8 Å². The van der Waals surface area contributed by atoms with Crippen LogP contribution in [0.5, 0.6) is 0 Å². The van der Waals surface area contributed by atoms with E-state index >= 15 is 0 Å². The van der Waals surface area contributed by atoms with E-state index in [4.69, 9.17) is 0 Å². The molecule has 0 spiro atoms. The minimum atomic E-state index is -0.619. The van der Waals surface area contributed by atoms with E-state index in [1.807, 2.05) is 24.3 Å². The lowest BCUT2D eigenvalue weighted by Gasteiger charge is -2.43. The summed E-state index contributed by atoms with van der Waals surface area (Å²) in [7, 11) is 0. The second kappa shape index (κ2) is 5.46. The van der Waals surface area contributed by atoms with E-state index in [-0.39, 0.29) is 29.3 Å². The van der Waals surface area contributed by atoms with Gasteiger partial charge in [0.25, 0.3) is 0 Å². The van der Waals surface area contributed by atoms with Crippen molar-refractivity contribution in [3.63, 3.8) is 0 Å². The molecule has 0 aromatic heterocycles. The van der Waals surface area contributed by atoms with Gasteiger partial charge >= 0.3 is 0 Å². The molecule has 1 saturated heterocycles. The molecule has 5 nitrogen and oxygen atoms in total. The van der Waals surface area contributed by atoms with E-state index in [0.717, 1.165) is 11.1 Å². The fourth-order valence-corrected chi connectivity index (χ4v) is 5.06. The third-order valence-corrected chi connectivity index (χ3v) is 6.22. The van der Waals surface area contributed by atoms with Crippen molar-refractivity contribution in [3.8, 4) is 0 Å². The molecule has 5 heteroatoms. The van der Waals surface area contributed by atoms with Crippen LogP contribution in [0.1, 0.15) is 46.7 Å². The van der Waals surface area contributed by atoms with Gasteiger partial charge in [0.2, 0.25) is 11.8 Å². The highest BCUT2D eigenvalue weighted by atomic mass is 16.2. The molecule has 134 valence electrons. The molecule has 1 saturated carbocycles. The van der Waals surface area contributed by atoms with Crippen molar-refractivity contribution >= 4 is 29.1 Å². The van der Waals surface area contributed by atoms with Gasteiger partial charge in [-0.25, -0.2) is 0 Å². The molecule has 2 bridgehead atoms. The van der Waals surface area contributed by atoms with Crippen LogP contribution in [0, 0.1) is 11.8 Å². The Morgan fingerprint density at radius 3 is 2.19 bits per heavy atom. The number of benzene rings is 2. The number of carbonyl (C=O) groups excluding carboxylic acids is 4. The molecule has 27 heavy (non-hydrogen) atoms. The summed E-state index contributed by atoms with van der Waals surface area (Å²) in [6.45, 7) is 1.47. The Hall–Kier alpha value is -3.08. The SMILES string of the molecule is CC(=O)c1ccc(N2C(=O)[C@@H]3[C@@H](C2=O)[C@H]2C(=O)C[C@@H]3c3ccccc32)cc1. The lowest BCUT2D eigenvalue weighted by Crippen LogP contribution is -2.44. The van der Waals surface area contributed by atoms with Gasteiger partial charge in [-0.1, -0.05) is 24.3 Å². The van der Waals surface area contributed by atoms with Crippen molar-refractivity contribution in [2.75, 3.05) is 4.90 Å². The Morgan fingerprint density at radius 1 is 0.889 bits per heavy atom. The Bertz CT molecular complexity index is 1020. The van der Waals surface area contributed by atoms with E-state index in [2.05, 4.69) is 0 Å². The van der Waals surface area contributed by atoms with Gasteiger partial charge in [0.15, 0.2) is 5.78 Å². The topological polar surface area (TPSA) is 71.5 Å². The molecule has 0 radical (unpaired) electrons. The molecule has 2 fully saturated rings. The second-order valence-electron chi connectivity index (χ2n) is 7.55. The first-order chi connectivity index (χ1) is 13.0. The van der Waals surface area contributed by atoms with Crippen molar-refractivity contribution in [2.24, 2.45) is 11.8 Å². The van der Waals surface area contributed by atoms with Crippen LogP contribution in [0.2, 0.25) is 0 Å². The summed E-state index contributed by atoms with van der Waals surface area (Å²) >= 11 is 0. The molecule has 2 amide bonds. The van der Waals surface area contributed by atoms with E-state index in [9.17, 15) is 19.2 Å². The molecular formula is C22H17NO4. The van der Waals surface area contributed by atoms with Crippen LogP contribution >= 0.6 is 0 Å². The van der Waals surface area contributed by atoms with Gasteiger partial charge in [-0.05, 0) is 42.3 Å². The van der Waals surface area contributed by atoms with Crippen LogP contribution in [0.3, 0.4) is 0 Å². The summed E-state index contributed by atoms with van der Waals surface area (Å²) in [6.07, 6.45) is 0.318. The normalized spacial score (nSPS) is 28.3. The molecule has 1 aliphatic heterocycles. The van der Waals surface area contributed by atoms with Crippen LogP contribution in [0.4, 0.5) is 5.69 Å². The largest absolute Gasteiger partial charge is 0.299 e. The fraction of sp³-hybridized carbons (Fsp3) is 0.273. The number of imide groups is 1. The van der Waals surface area contributed by atoms with Crippen LogP contribution in [-0.2, 0) is 14.4 Å². The Kier molecular flexibility index (Phi) is 3.26. The number of nitrogens with zero attached hydrogens (tertiary/aromatic N) is 1. The van der Waals surface area contributed by atoms with Gasteiger partial charge in [-0.15, -0.1) is 0 Å². The van der Waals surface area contributed by atoms with Crippen molar-refractivity contribution in [3.05, 3.63) is 65.2 Å². The van der Waals surface area contributed by atoms with Crippen molar-refractivity contribution < 1.29 is 19.2 Å². The zero-order valence-electron chi connectivity index (χ0n) is 14.7. The molecule has 4 atom stereocenters. The zero-order valence-corrected chi connectivity index (χ0v) is 14.7. The number of anilines is 1. The Labute approximate surface area is 156 Å². The van der Waals surface area contributed by atoms with Crippen molar-refractivity contribution in [1.29, 1.82) is 0 Å². The number of fused-ring (bicyclic) bond motifs is 1. The number of Topliss-reactive ketones (excluding diaryl/α,β-unsaturated/α-hetero) is 2. The second-order valence-corrected chi connectivity index (χ2v) is 7.55. The number of rotatable bonds is 2. The highest BCUT2D eigenvalue weighted by Gasteiger charge is 2.62. The summed E-state index contributed by atoms with van der Waals surface area (Å²) < 4.78 is 0. The maximum atomic E-state index is 13.2. The van der Waals surface area contributed by atoms with E-state index in [0.29, 0.717) is 17.7 Å². The molecule has 2 aromatic rings. The number of hydrogen-bond acceptors (Lipinski definition) is 4. The minimum absolute atomic E-state index is 0.0508. The van der Waals surface area contributed by atoms with Gasteiger partial charge in [-0.3, -0.25) is 24.1 Å². The smallest absolute Gasteiger partial charge is 0.238 e. The predicted octanol–water partition coefficient (Wildman–Crippen LogP) is 2.85. The summed E-state index contributed by atoms with van der Waals surface area (Å²) in [6, 6.07) is 14.2. The molecule has 3 aliphatic carbocycles. The first-order valence-corrected chi connectivity index (χ1v) is 9.09. The van der Waals surface area contributed by atoms with Gasteiger partial charge in [0.05, 0.1) is 23.4 Å². The first-order valence-electron chi connectivity index (χ1n) is 9.09. The van der Waals surface area contributed by atoms with Crippen molar-refractivity contribution in [2.45, 2.75) is 25.2 Å². The van der Waals surface area contributed by atoms with Gasteiger partial charge in [-0.2, -0.15) is 0 Å². The fourth-order valence-electron chi connectivity index (χ4n) is 5.06. The Balaban J connectivity index is 1.59. The molecular weight excluding hydrogens is 342 g/mol. The lowest BCUT2D eigenvalue weighted by molar-refractivity contribution is -0.134. The third kappa shape index (κ3) is 2.05. The monoisotopic (exact) mass is 359 g/mol. The number of ketones is 2. The average Bonchev–Trinajstić information content (AvgIpc) is 2.94. The molecule has 6 rings (SSSR count). The van der Waals surface area contributed by atoms with E-state index < -0.39 is 17.8 Å². The maximum Gasteiger partial charge on any atom is 0.238 e. The average molecular weight is 359 g/mol. The molecule has 0 unspecified atom stereocenters. The van der Waals surface area contributed by atoms with Crippen LogP contribution < -0.4 is 4.90 Å². The quantitative estimate of drug-likeness (QED) is 0.611. The maximum absolute atomic E-state index is 13.2. The summed E-state index contributed by atoms with van der Waals surface area (Å²) in [5.74, 6) is -2.44. The number of amides is 2. The molecule has 2 aromatic carbocycles. The molecule has 1 heterocycles. The van der Waals surface area contributed by atoms with Gasteiger partial charge in [0.1, 0.15) is 5.78 Å². The predicted molar refractivity (Wildman–Crippen MR) is 97.5 cm³/mol. The summed E-state index contributed by atoms with van der Waals surface area (Å²) in [5.41, 5.74) is 2.91.